The summed E-state index contributed by atoms with van der Waals surface area (Å²) in [6.45, 7) is 0. The van der Waals surface area contributed by atoms with Crippen LogP contribution in [-0.4, -0.2) is 9.97 Å². The van der Waals surface area contributed by atoms with Crippen LogP contribution in [0.2, 0.25) is 0 Å². The molecule has 0 aliphatic heterocycles. The monoisotopic (exact) mass is 641 g/mol. The van der Waals surface area contributed by atoms with Gasteiger partial charge >= 0.3 is 0 Å². The standard InChI is InChI=1S/C47H35N3/c48-31-32-21-23-39-41-29-36(22-24-42(41)47(43(39)27-32)25-10-3-11-26-47)38-19-8-9-20-40(38)45-30-44(34-15-6-2-7-16-34)49-46(50-45)37-18-12-17-35(28-37)33-13-4-1-5-14-33/h1-2,4-9,12-24,27-30H,3,10-11,25-26H2. The SMILES string of the molecule is N#Cc1ccc2c(c1)C1(CCCCC1)c1ccc(-c3ccccc3-c3cc(-c4ccccc4)nc(-c4cccc(-c5ccccc5)c4)n3)cc1-2. The fourth-order valence-electron chi connectivity index (χ4n) is 8.33. The van der Waals surface area contributed by atoms with Crippen molar-refractivity contribution in [3.8, 4) is 73.4 Å². The van der Waals surface area contributed by atoms with E-state index in [4.69, 9.17) is 9.97 Å². The van der Waals surface area contributed by atoms with E-state index >= 15 is 0 Å². The molecule has 3 nitrogen and oxygen atoms in total. The van der Waals surface area contributed by atoms with Crippen molar-refractivity contribution in [3.05, 3.63) is 168 Å². The van der Waals surface area contributed by atoms with Crippen LogP contribution in [0.1, 0.15) is 48.8 Å². The molecule has 50 heavy (non-hydrogen) atoms. The molecule has 0 N–H and O–H groups in total. The summed E-state index contributed by atoms with van der Waals surface area (Å²) in [4.78, 5) is 10.4. The van der Waals surface area contributed by atoms with Gasteiger partial charge in [-0.25, -0.2) is 9.97 Å². The van der Waals surface area contributed by atoms with Gasteiger partial charge in [-0.2, -0.15) is 5.26 Å². The molecule has 0 atom stereocenters. The third-order valence-electron chi connectivity index (χ3n) is 10.7. The number of hydrogen-bond acceptors (Lipinski definition) is 3. The number of benzene rings is 6. The molecule has 0 radical (unpaired) electrons. The molecule has 1 spiro atoms. The van der Waals surface area contributed by atoms with Gasteiger partial charge in [0.2, 0.25) is 0 Å². The second-order valence-electron chi connectivity index (χ2n) is 13.6. The predicted octanol–water partition coefficient (Wildman–Crippen LogP) is 11.9. The summed E-state index contributed by atoms with van der Waals surface area (Å²) < 4.78 is 0. The molecule has 0 amide bonds. The fourth-order valence-corrected chi connectivity index (χ4v) is 8.33. The van der Waals surface area contributed by atoms with Crippen LogP contribution in [0.25, 0.3) is 67.3 Å². The summed E-state index contributed by atoms with van der Waals surface area (Å²) >= 11 is 0. The van der Waals surface area contributed by atoms with Crippen molar-refractivity contribution in [1.82, 2.24) is 9.97 Å². The molecule has 0 saturated heterocycles. The van der Waals surface area contributed by atoms with Crippen LogP contribution in [-0.2, 0) is 5.41 Å². The summed E-state index contributed by atoms with van der Waals surface area (Å²) in [5, 5.41) is 9.79. The van der Waals surface area contributed by atoms with E-state index in [1.54, 1.807) is 0 Å². The van der Waals surface area contributed by atoms with Gasteiger partial charge in [0.15, 0.2) is 5.82 Å². The molecule has 2 aliphatic carbocycles. The van der Waals surface area contributed by atoms with E-state index in [1.165, 1.54) is 41.5 Å². The average Bonchev–Trinajstić information content (AvgIpc) is 3.45. The van der Waals surface area contributed by atoms with E-state index in [0.717, 1.165) is 68.7 Å². The lowest BCUT2D eigenvalue weighted by Crippen LogP contribution is -2.28. The Balaban J connectivity index is 1.20. The first-order valence-electron chi connectivity index (χ1n) is 17.6. The van der Waals surface area contributed by atoms with Gasteiger partial charge in [-0.3, -0.25) is 0 Å². The molecule has 3 heteroatoms. The normalized spacial score (nSPS) is 14.1. The smallest absolute Gasteiger partial charge is 0.160 e. The molecule has 1 heterocycles. The summed E-state index contributed by atoms with van der Waals surface area (Å²) in [5.41, 5.74) is 15.5. The second kappa shape index (κ2) is 12.4. The minimum Gasteiger partial charge on any atom is -0.228 e. The van der Waals surface area contributed by atoms with Crippen molar-refractivity contribution in [3.63, 3.8) is 0 Å². The Bertz CT molecular complexity index is 2410. The largest absolute Gasteiger partial charge is 0.228 e. The van der Waals surface area contributed by atoms with Crippen molar-refractivity contribution in [2.24, 2.45) is 0 Å². The van der Waals surface area contributed by atoms with Gasteiger partial charge in [-0.05, 0) is 87.7 Å². The Morgan fingerprint density at radius 3 is 1.90 bits per heavy atom. The third kappa shape index (κ3) is 5.13. The van der Waals surface area contributed by atoms with Crippen molar-refractivity contribution < 1.29 is 0 Å². The maximum Gasteiger partial charge on any atom is 0.160 e. The first-order valence-corrected chi connectivity index (χ1v) is 17.6. The highest BCUT2D eigenvalue weighted by atomic mass is 14.9. The van der Waals surface area contributed by atoms with E-state index in [2.05, 4.69) is 140 Å². The Morgan fingerprint density at radius 1 is 0.440 bits per heavy atom. The molecule has 1 saturated carbocycles. The number of fused-ring (bicyclic) bond motifs is 5. The third-order valence-corrected chi connectivity index (χ3v) is 10.7. The molecule has 6 aromatic carbocycles. The van der Waals surface area contributed by atoms with Gasteiger partial charge in [0.05, 0.1) is 23.0 Å². The topological polar surface area (TPSA) is 49.6 Å². The van der Waals surface area contributed by atoms with Gasteiger partial charge in [0.1, 0.15) is 0 Å². The summed E-state index contributed by atoms with van der Waals surface area (Å²) in [7, 11) is 0. The van der Waals surface area contributed by atoms with Gasteiger partial charge in [0.25, 0.3) is 0 Å². The Kier molecular flexibility index (Phi) is 7.44. The van der Waals surface area contributed by atoms with Crippen molar-refractivity contribution in [1.29, 1.82) is 5.26 Å². The highest BCUT2D eigenvalue weighted by Gasteiger charge is 2.44. The Hall–Kier alpha value is -6.11. The Morgan fingerprint density at radius 2 is 1.12 bits per heavy atom. The second-order valence-corrected chi connectivity index (χ2v) is 13.6. The minimum absolute atomic E-state index is 0.00570. The van der Waals surface area contributed by atoms with Crippen LogP contribution in [0.5, 0.6) is 0 Å². The van der Waals surface area contributed by atoms with Gasteiger partial charge in [-0.1, -0.05) is 141 Å². The number of aromatic nitrogens is 2. The summed E-state index contributed by atoms with van der Waals surface area (Å²) in [5.74, 6) is 0.698. The fraction of sp³-hybridized carbons (Fsp3) is 0.128. The number of hydrogen-bond donors (Lipinski definition) is 0. The lowest BCUT2D eigenvalue weighted by molar-refractivity contribution is 0.353. The van der Waals surface area contributed by atoms with Crippen molar-refractivity contribution >= 4 is 0 Å². The van der Waals surface area contributed by atoms with Gasteiger partial charge in [0, 0.05) is 22.1 Å². The molecule has 238 valence electrons. The first kappa shape index (κ1) is 30.0. The lowest BCUT2D eigenvalue weighted by atomic mass is 9.67. The molecule has 0 unspecified atom stereocenters. The van der Waals surface area contributed by atoms with E-state index in [9.17, 15) is 5.26 Å². The van der Waals surface area contributed by atoms with Crippen molar-refractivity contribution in [2.75, 3.05) is 0 Å². The molecule has 1 aromatic heterocycles. The van der Waals surface area contributed by atoms with Crippen molar-refractivity contribution in [2.45, 2.75) is 37.5 Å². The number of rotatable bonds is 5. The molecular formula is C47H35N3. The van der Waals surface area contributed by atoms with Gasteiger partial charge in [-0.15, -0.1) is 0 Å². The lowest BCUT2D eigenvalue weighted by Gasteiger charge is -2.36. The van der Waals surface area contributed by atoms with E-state index in [-0.39, 0.29) is 5.41 Å². The molecule has 0 bridgehead atoms. The summed E-state index contributed by atoms with van der Waals surface area (Å²) in [6.07, 6.45) is 5.98. The zero-order chi connectivity index (χ0) is 33.5. The average molecular weight is 642 g/mol. The molecule has 1 fully saturated rings. The molecule has 2 aliphatic rings. The predicted molar refractivity (Wildman–Crippen MR) is 203 cm³/mol. The quantitative estimate of drug-likeness (QED) is 0.188. The van der Waals surface area contributed by atoms with Gasteiger partial charge < -0.3 is 0 Å². The first-order chi connectivity index (χ1) is 24.7. The van der Waals surface area contributed by atoms with Crippen LogP contribution in [0.3, 0.4) is 0 Å². The molecule has 7 aromatic rings. The van der Waals surface area contributed by atoms with Crippen LogP contribution in [0, 0.1) is 11.3 Å². The molecular weight excluding hydrogens is 607 g/mol. The number of nitrogens with zero attached hydrogens (tertiary/aromatic N) is 3. The maximum atomic E-state index is 9.79. The Labute approximate surface area is 293 Å². The zero-order valence-electron chi connectivity index (χ0n) is 27.8. The highest BCUT2D eigenvalue weighted by molar-refractivity contribution is 5.90. The van der Waals surface area contributed by atoms with Crippen LogP contribution < -0.4 is 0 Å². The summed E-state index contributed by atoms with van der Waals surface area (Å²) in [6, 6.07) is 55.8. The van der Waals surface area contributed by atoms with Crippen LogP contribution in [0.4, 0.5) is 0 Å². The number of nitriles is 1. The maximum absolute atomic E-state index is 9.79. The van der Waals surface area contributed by atoms with Crippen LogP contribution in [0.15, 0.2) is 152 Å². The van der Waals surface area contributed by atoms with Crippen LogP contribution >= 0.6 is 0 Å². The van der Waals surface area contributed by atoms with E-state index in [1.807, 2.05) is 18.2 Å². The zero-order valence-corrected chi connectivity index (χ0v) is 27.8. The van der Waals surface area contributed by atoms with E-state index in [0.29, 0.717) is 5.82 Å². The molecule has 9 rings (SSSR count). The minimum atomic E-state index is -0.00570. The highest BCUT2D eigenvalue weighted by Crippen LogP contribution is 2.56. The van der Waals surface area contributed by atoms with E-state index < -0.39 is 0 Å².